The predicted octanol–water partition coefficient (Wildman–Crippen LogP) is 4.92. The van der Waals surface area contributed by atoms with Crippen LogP contribution in [0.4, 0.5) is 14.6 Å². The molecule has 5 aliphatic rings. The molecule has 2 aromatic carbocycles. The molecule has 2 bridgehead atoms. The average molecular weight is 595 g/mol. The summed E-state index contributed by atoms with van der Waals surface area (Å²) in [4.78, 5) is 18.7. The summed E-state index contributed by atoms with van der Waals surface area (Å²) < 4.78 is 37.9. The van der Waals surface area contributed by atoms with Crippen molar-refractivity contribution in [2.24, 2.45) is 0 Å². The normalized spacial score (nSPS) is 24.8. The Kier molecular flexibility index (Phi) is 6.26. The summed E-state index contributed by atoms with van der Waals surface area (Å²) in [6, 6.07) is 6.18. The fourth-order valence-electron chi connectivity index (χ4n) is 7.86. The highest BCUT2D eigenvalue weighted by Gasteiger charge is 2.46. The molecule has 5 fully saturated rings. The molecule has 2 unspecified atom stereocenters. The maximum Gasteiger partial charge on any atom is 0.319 e. The van der Waals surface area contributed by atoms with Gasteiger partial charge in [0.2, 0.25) is 0 Å². The SMILES string of the molecule is C#Cc1c(F)ccc2cc(O)cc(-c3ncc4c(N5CC6CCC5CN6)nc(OC[C@@]56CCCN5CC(=C)C6)nc4c3F)c12. The summed E-state index contributed by atoms with van der Waals surface area (Å²) in [6.45, 7) is 8.01. The Morgan fingerprint density at radius 3 is 2.89 bits per heavy atom. The summed E-state index contributed by atoms with van der Waals surface area (Å²) in [5.74, 6) is 1.53. The molecule has 5 aliphatic heterocycles. The summed E-state index contributed by atoms with van der Waals surface area (Å²) in [5.41, 5.74) is 1.15. The molecule has 0 radical (unpaired) electrons. The molecular formula is C34H32F2N6O2. The van der Waals surface area contributed by atoms with Crippen molar-refractivity contribution in [2.45, 2.75) is 49.7 Å². The van der Waals surface area contributed by atoms with Crippen LogP contribution in [0.15, 0.2) is 42.6 Å². The van der Waals surface area contributed by atoms with E-state index in [0.717, 1.165) is 58.3 Å². The molecule has 3 atom stereocenters. The van der Waals surface area contributed by atoms with E-state index in [4.69, 9.17) is 16.1 Å². The molecule has 2 aromatic heterocycles. The first-order chi connectivity index (χ1) is 21.3. The fraction of sp³-hybridized carbons (Fsp3) is 0.382. The fourth-order valence-corrected chi connectivity index (χ4v) is 7.86. The van der Waals surface area contributed by atoms with Crippen LogP contribution in [0.5, 0.6) is 11.8 Å². The maximum absolute atomic E-state index is 16.8. The lowest BCUT2D eigenvalue weighted by Gasteiger charge is -2.46. The first-order valence-corrected chi connectivity index (χ1v) is 15.2. The number of nitrogens with one attached hydrogen (secondary N) is 1. The minimum absolute atomic E-state index is 0.0263. The van der Waals surface area contributed by atoms with Crippen LogP contribution in [0.3, 0.4) is 0 Å². The van der Waals surface area contributed by atoms with E-state index >= 15 is 4.39 Å². The van der Waals surface area contributed by atoms with Crippen molar-refractivity contribution in [1.82, 2.24) is 25.2 Å². The van der Waals surface area contributed by atoms with E-state index in [9.17, 15) is 9.50 Å². The van der Waals surface area contributed by atoms with Crippen molar-refractivity contribution in [3.8, 4) is 35.4 Å². The molecule has 0 saturated carbocycles. The number of ether oxygens (including phenoxy) is 1. The number of anilines is 1. The Balaban J connectivity index is 1.29. The topological polar surface area (TPSA) is 86.6 Å². The van der Waals surface area contributed by atoms with E-state index in [1.54, 1.807) is 6.20 Å². The Hall–Kier alpha value is -4.33. The number of phenols is 1. The Labute approximate surface area is 253 Å². The smallest absolute Gasteiger partial charge is 0.319 e. The van der Waals surface area contributed by atoms with Gasteiger partial charge in [-0.2, -0.15) is 9.97 Å². The zero-order chi connectivity index (χ0) is 30.2. The maximum atomic E-state index is 16.8. The van der Waals surface area contributed by atoms with E-state index in [1.165, 1.54) is 29.8 Å². The van der Waals surface area contributed by atoms with Crippen LogP contribution >= 0.6 is 0 Å². The van der Waals surface area contributed by atoms with Crippen LogP contribution < -0.4 is 15.0 Å². The van der Waals surface area contributed by atoms with Gasteiger partial charge in [0.25, 0.3) is 0 Å². The van der Waals surface area contributed by atoms with Gasteiger partial charge < -0.3 is 20.1 Å². The molecule has 10 heteroatoms. The number of aromatic nitrogens is 3. The van der Waals surface area contributed by atoms with Gasteiger partial charge in [0.15, 0.2) is 5.82 Å². The molecule has 0 spiro atoms. The molecule has 0 aliphatic carbocycles. The summed E-state index contributed by atoms with van der Waals surface area (Å²) in [7, 11) is 0. The molecule has 2 N–H and O–H groups in total. The highest BCUT2D eigenvalue weighted by molar-refractivity contribution is 6.03. The Bertz CT molecular complexity index is 1900. The quantitative estimate of drug-likeness (QED) is 0.249. The second kappa shape index (κ2) is 10.1. The Morgan fingerprint density at radius 1 is 1.23 bits per heavy atom. The van der Waals surface area contributed by atoms with Crippen LogP contribution in [-0.2, 0) is 0 Å². The van der Waals surface area contributed by atoms with Gasteiger partial charge in [0.1, 0.15) is 35.2 Å². The highest BCUT2D eigenvalue weighted by Crippen LogP contribution is 2.42. The number of terminal acetylenes is 1. The second-order valence-electron chi connectivity index (χ2n) is 12.6. The largest absolute Gasteiger partial charge is 0.508 e. The molecule has 8 nitrogen and oxygen atoms in total. The van der Waals surface area contributed by atoms with Crippen LogP contribution in [0.1, 0.15) is 37.7 Å². The number of pyridine rings is 1. The highest BCUT2D eigenvalue weighted by atomic mass is 19.1. The minimum atomic E-state index is -0.717. The molecule has 9 rings (SSSR count). The van der Waals surface area contributed by atoms with Crippen molar-refractivity contribution in [3.05, 3.63) is 59.8 Å². The van der Waals surface area contributed by atoms with Crippen LogP contribution in [0.25, 0.3) is 32.9 Å². The molecule has 5 saturated heterocycles. The summed E-state index contributed by atoms with van der Waals surface area (Å²) >= 11 is 0. The molecular weight excluding hydrogens is 562 g/mol. The lowest BCUT2D eigenvalue weighted by molar-refractivity contribution is 0.108. The van der Waals surface area contributed by atoms with Gasteiger partial charge >= 0.3 is 6.01 Å². The van der Waals surface area contributed by atoms with Crippen molar-refractivity contribution >= 4 is 27.5 Å². The number of benzene rings is 2. The van der Waals surface area contributed by atoms with Crippen molar-refractivity contribution < 1.29 is 18.6 Å². The lowest BCUT2D eigenvalue weighted by Crippen LogP contribution is -2.61. The number of fused-ring (bicyclic) bond motifs is 6. The lowest BCUT2D eigenvalue weighted by atomic mass is 9.92. The number of phenolic OH excluding ortho intramolecular Hbond substituents is 1. The molecule has 0 amide bonds. The van der Waals surface area contributed by atoms with Crippen LogP contribution in [-0.4, -0.2) is 75.4 Å². The second-order valence-corrected chi connectivity index (χ2v) is 12.6. The van der Waals surface area contributed by atoms with Gasteiger partial charge in [-0.1, -0.05) is 24.1 Å². The summed E-state index contributed by atoms with van der Waals surface area (Å²) in [6.07, 6.45) is 12.3. The number of piperidine rings is 2. The molecule has 7 heterocycles. The molecule has 4 aromatic rings. The van der Waals surface area contributed by atoms with Gasteiger partial charge in [-0.05, 0) is 62.2 Å². The zero-order valence-electron chi connectivity index (χ0n) is 24.2. The van der Waals surface area contributed by atoms with E-state index < -0.39 is 11.6 Å². The number of halogens is 2. The van der Waals surface area contributed by atoms with E-state index in [0.29, 0.717) is 34.6 Å². The van der Waals surface area contributed by atoms with Crippen LogP contribution in [0.2, 0.25) is 0 Å². The first kappa shape index (κ1) is 27.2. The number of nitrogens with zero attached hydrogens (tertiary/aromatic N) is 5. The van der Waals surface area contributed by atoms with Gasteiger partial charge in [-0.25, -0.2) is 8.78 Å². The van der Waals surface area contributed by atoms with Crippen molar-refractivity contribution in [1.29, 1.82) is 0 Å². The third-order valence-electron chi connectivity index (χ3n) is 9.92. The number of hydrogen-bond acceptors (Lipinski definition) is 8. The number of piperazine rings is 1. The van der Waals surface area contributed by atoms with Gasteiger partial charge in [0, 0.05) is 48.9 Å². The first-order valence-electron chi connectivity index (χ1n) is 15.2. The molecule has 224 valence electrons. The zero-order valence-corrected chi connectivity index (χ0v) is 24.2. The number of rotatable bonds is 5. The standard InChI is InChI=1S/C34H32F2N6O2/c1-3-24-27(35)8-5-20-11-23(43)12-25(28(20)24)30-29(36)31-26(15-38-30)32(42-17-21-6-7-22(42)14-37-21)40-33(39-31)44-18-34-9-4-10-41(34)16-19(2)13-34/h1,5,8,11-12,15,21-22,37,43H,2,4,6-7,9-10,13-14,16-18H2/t21?,22?,34-/m0/s1. The third kappa shape index (κ3) is 4.21. The van der Waals surface area contributed by atoms with Gasteiger partial charge in [-0.3, -0.25) is 9.88 Å². The van der Waals surface area contributed by atoms with Gasteiger partial charge in [-0.15, -0.1) is 6.42 Å². The monoisotopic (exact) mass is 594 g/mol. The minimum Gasteiger partial charge on any atom is -0.508 e. The van der Waals surface area contributed by atoms with Crippen molar-refractivity contribution in [3.63, 3.8) is 0 Å². The predicted molar refractivity (Wildman–Crippen MR) is 165 cm³/mol. The van der Waals surface area contributed by atoms with E-state index in [1.807, 2.05) is 0 Å². The van der Waals surface area contributed by atoms with E-state index in [-0.39, 0.29) is 45.7 Å². The van der Waals surface area contributed by atoms with Crippen molar-refractivity contribution in [2.75, 3.05) is 37.7 Å². The number of hydrogen-bond donors (Lipinski definition) is 2. The van der Waals surface area contributed by atoms with Crippen LogP contribution in [0, 0.1) is 24.0 Å². The third-order valence-corrected chi connectivity index (χ3v) is 9.92. The Morgan fingerprint density at radius 2 is 2.11 bits per heavy atom. The van der Waals surface area contributed by atoms with Gasteiger partial charge in [0.05, 0.1) is 16.5 Å². The number of aromatic hydroxyl groups is 1. The average Bonchev–Trinajstić information content (AvgIpc) is 3.56. The summed E-state index contributed by atoms with van der Waals surface area (Å²) in [5, 5.41) is 15.3. The molecule has 44 heavy (non-hydrogen) atoms. The van der Waals surface area contributed by atoms with E-state index in [2.05, 4.69) is 37.6 Å².